The van der Waals surface area contributed by atoms with E-state index in [0.29, 0.717) is 23.6 Å². The fourth-order valence-corrected chi connectivity index (χ4v) is 3.23. The molecule has 1 atom stereocenters. The fourth-order valence-electron chi connectivity index (χ4n) is 1.93. The van der Waals surface area contributed by atoms with Crippen LogP contribution in [0.3, 0.4) is 0 Å². The smallest absolute Gasteiger partial charge is 0.254 e. The molecule has 0 aliphatic carbocycles. The minimum absolute atomic E-state index is 0.176. The van der Waals surface area contributed by atoms with E-state index in [-0.39, 0.29) is 5.91 Å². The van der Waals surface area contributed by atoms with Crippen molar-refractivity contribution in [1.29, 1.82) is 0 Å². The molecule has 2 heterocycles. The highest BCUT2D eigenvalue weighted by atomic mass is 32.2. The lowest BCUT2D eigenvalue weighted by molar-refractivity contribution is 0.0612. The summed E-state index contributed by atoms with van der Waals surface area (Å²) in [6.45, 7) is 3.88. The van der Waals surface area contributed by atoms with Crippen molar-refractivity contribution in [2.75, 3.05) is 18.1 Å². The molecular formula is C12H17NO3S. The zero-order chi connectivity index (χ0) is 12.5. The Hall–Kier alpha value is -0.940. The summed E-state index contributed by atoms with van der Waals surface area (Å²) in [5.74, 6) is 2.81. The van der Waals surface area contributed by atoms with Crippen LogP contribution in [-0.2, 0) is 0 Å². The van der Waals surface area contributed by atoms with Gasteiger partial charge in [0, 0.05) is 12.3 Å². The van der Waals surface area contributed by atoms with Gasteiger partial charge in [0.1, 0.15) is 11.5 Å². The van der Waals surface area contributed by atoms with Crippen molar-refractivity contribution < 1.29 is 14.3 Å². The Morgan fingerprint density at radius 2 is 2.41 bits per heavy atom. The molecule has 1 aromatic heterocycles. The number of aliphatic hydroxyl groups is 1. The van der Waals surface area contributed by atoms with Gasteiger partial charge >= 0.3 is 0 Å². The zero-order valence-electron chi connectivity index (χ0n) is 10.1. The summed E-state index contributed by atoms with van der Waals surface area (Å²) in [7, 11) is 0. The molecule has 2 rings (SSSR count). The Morgan fingerprint density at radius 3 is 2.94 bits per heavy atom. The SMILES string of the molecule is Cc1cc(C(=O)NC[C@@]2(O)CCSC2)c(C)o1. The van der Waals surface area contributed by atoms with Crippen LogP contribution in [0.1, 0.15) is 28.3 Å². The summed E-state index contributed by atoms with van der Waals surface area (Å²) in [5.41, 5.74) is -0.190. The molecule has 0 spiro atoms. The Kier molecular flexibility index (Phi) is 3.49. The number of carbonyl (C=O) groups is 1. The molecule has 1 fully saturated rings. The van der Waals surface area contributed by atoms with Crippen molar-refractivity contribution in [3.8, 4) is 0 Å². The van der Waals surface area contributed by atoms with E-state index in [1.54, 1.807) is 24.8 Å². The predicted molar refractivity (Wildman–Crippen MR) is 67.4 cm³/mol. The summed E-state index contributed by atoms with van der Waals surface area (Å²) < 4.78 is 5.31. The molecule has 0 aromatic carbocycles. The predicted octanol–water partition coefficient (Wildman–Crippen LogP) is 1.49. The van der Waals surface area contributed by atoms with Gasteiger partial charge < -0.3 is 14.8 Å². The summed E-state index contributed by atoms with van der Waals surface area (Å²) in [5, 5.41) is 12.9. The van der Waals surface area contributed by atoms with Crippen molar-refractivity contribution in [3.05, 3.63) is 23.2 Å². The standard InChI is InChI=1S/C12H17NO3S/c1-8-5-10(9(2)16-8)11(14)13-6-12(15)3-4-17-7-12/h5,15H,3-4,6-7H2,1-2H3,(H,13,14)/t12-/m0/s1. The van der Waals surface area contributed by atoms with Crippen molar-refractivity contribution >= 4 is 17.7 Å². The number of amides is 1. The van der Waals surface area contributed by atoms with Crippen molar-refractivity contribution in [1.82, 2.24) is 5.32 Å². The summed E-state index contributed by atoms with van der Waals surface area (Å²) in [4.78, 5) is 11.9. The Labute approximate surface area is 105 Å². The van der Waals surface area contributed by atoms with Crippen LogP contribution in [0.5, 0.6) is 0 Å². The van der Waals surface area contributed by atoms with Gasteiger partial charge in [-0.3, -0.25) is 4.79 Å². The number of carbonyl (C=O) groups excluding carboxylic acids is 1. The van der Waals surface area contributed by atoms with Crippen LogP contribution in [0.15, 0.2) is 10.5 Å². The van der Waals surface area contributed by atoms with Gasteiger partial charge in [-0.25, -0.2) is 0 Å². The molecule has 2 N–H and O–H groups in total. The third-order valence-electron chi connectivity index (χ3n) is 2.95. The van der Waals surface area contributed by atoms with Crippen LogP contribution in [0.2, 0.25) is 0 Å². The third kappa shape index (κ3) is 2.84. The quantitative estimate of drug-likeness (QED) is 0.859. The molecule has 4 nitrogen and oxygen atoms in total. The topological polar surface area (TPSA) is 62.5 Å². The number of rotatable bonds is 3. The molecule has 94 valence electrons. The monoisotopic (exact) mass is 255 g/mol. The van der Waals surface area contributed by atoms with Gasteiger partial charge in [0.25, 0.3) is 5.91 Å². The highest BCUT2D eigenvalue weighted by Gasteiger charge is 2.32. The lowest BCUT2D eigenvalue weighted by Crippen LogP contribution is -2.43. The number of hydrogen-bond donors (Lipinski definition) is 2. The number of hydrogen-bond acceptors (Lipinski definition) is 4. The molecule has 17 heavy (non-hydrogen) atoms. The maximum absolute atomic E-state index is 11.9. The van der Waals surface area contributed by atoms with Gasteiger partial charge in [-0.15, -0.1) is 0 Å². The number of nitrogens with one attached hydrogen (secondary N) is 1. The second-order valence-corrected chi connectivity index (χ2v) is 5.64. The highest BCUT2D eigenvalue weighted by molar-refractivity contribution is 7.99. The van der Waals surface area contributed by atoms with Gasteiger partial charge in [-0.2, -0.15) is 11.8 Å². The zero-order valence-corrected chi connectivity index (χ0v) is 10.9. The second-order valence-electron chi connectivity index (χ2n) is 4.54. The van der Waals surface area contributed by atoms with E-state index in [4.69, 9.17) is 4.42 Å². The lowest BCUT2D eigenvalue weighted by Gasteiger charge is -2.21. The van der Waals surface area contributed by atoms with Crippen LogP contribution < -0.4 is 5.32 Å². The van der Waals surface area contributed by atoms with E-state index in [1.807, 2.05) is 6.92 Å². The summed E-state index contributed by atoms with van der Waals surface area (Å²) >= 11 is 1.72. The van der Waals surface area contributed by atoms with E-state index in [1.165, 1.54) is 0 Å². The first-order valence-electron chi connectivity index (χ1n) is 5.65. The first-order valence-corrected chi connectivity index (χ1v) is 6.81. The Bertz CT molecular complexity index is 421. The number of furan rings is 1. The largest absolute Gasteiger partial charge is 0.466 e. The van der Waals surface area contributed by atoms with E-state index in [2.05, 4.69) is 5.32 Å². The molecular weight excluding hydrogens is 238 g/mol. The third-order valence-corrected chi connectivity index (χ3v) is 4.18. The molecule has 0 saturated carbocycles. The van der Waals surface area contributed by atoms with Crippen molar-refractivity contribution in [3.63, 3.8) is 0 Å². The number of aryl methyl sites for hydroxylation is 2. The Balaban J connectivity index is 1.95. The number of thioether (sulfide) groups is 1. The van der Waals surface area contributed by atoms with E-state index >= 15 is 0 Å². The van der Waals surface area contributed by atoms with Crippen molar-refractivity contribution in [2.45, 2.75) is 25.9 Å². The fraction of sp³-hybridized carbons (Fsp3) is 0.583. The van der Waals surface area contributed by atoms with Crippen LogP contribution >= 0.6 is 11.8 Å². The molecule has 1 amide bonds. The van der Waals surface area contributed by atoms with Gasteiger partial charge in [0.05, 0.1) is 11.2 Å². The minimum Gasteiger partial charge on any atom is -0.466 e. The van der Waals surface area contributed by atoms with E-state index in [0.717, 1.165) is 17.9 Å². The average molecular weight is 255 g/mol. The lowest BCUT2D eigenvalue weighted by atomic mass is 10.0. The summed E-state index contributed by atoms with van der Waals surface area (Å²) in [6, 6.07) is 1.72. The van der Waals surface area contributed by atoms with Crippen LogP contribution in [0, 0.1) is 13.8 Å². The van der Waals surface area contributed by atoms with Gasteiger partial charge in [0.15, 0.2) is 0 Å². The molecule has 1 aliphatic heterocycles. The minimum atomic E-state index is -0.743. The maximum atomic E-state index is 11.9. The molecule has 1 saturated heterocycles. The average Bonchev–Trinajstić information content (AvgIpc) is 2.83. The van der Waals surface area contributed by atoms with Gasteiger partial charge in [-0.05, 0) is 32.1 Å². The van der Waals surface area contributed by atoms with Crippen LogP contribution in [-0.4, -0.2) is 34.7 Å². The first kappa shape index (κ1) is 12.5. The first-order chi connectivity index (χ1) is 8.00. The van der Waals surface area contributed by atoms with E-state index in [9.17, 15) is 9.90 Å². The molecule has 0 bridgehead atoms. The molecule has 1 aliphatic rings. The van der Waals surface area contributed by atoms with E-state index < -0.39 is 5.60 Å². The normalized spacial score (nSPS) is 23.9. The second kappa shape index (κ2) is 4.74. The van der Waals surface area contributed by atoms with Crippen molar-refractivity contribution in [2.24, 2.45) is 0 Å². The van der Waals surface area contributed by atoms with Gasteiger partial charge in [-0.1, -0.05) is 0 Å². The summed E-state index contributed by atoms with van der Waals surface area (Å²) in [6.07, 6.45) is 0.737. The molecule has 1 aromatic rings. The maximum Gasteiger partial charge on any atom is 0.254 e. The van der Waals surface area contributed by atoms with Crippen LogP contribution in [0.25, 0.3) is 0 Å². The highest BCUT2D eigenvalue weighted by Crippen LogP contribution is 2.27. The molecule has 0 radical (unpaired) electrons. The Morgan fingerprint density at radius 1 is 1.65 bits per heavy atom. The van der Waals surface area contributed by atoms with Gasteiger partial charge in [0.2, 0.25) is 0 Å². The molecule has 5 heteroatoms. The molecule has 0 unspecified atom stereocenters. The van der Waals surface area contributed by atoms with Crippen LogP contribution in [0.4, 0.5) is 0 Å².